The summed E-state index contributed by atoms with van der Waals surface area (Å²) in [7, 11) is -0.169. The average molecular weight is 255 g/mol. The van der Waals surface area contributed by atoms with E-state index in [1.807, 2.05) is 12.1 Å². The summed E-state index contributed by atoms with van der Waals surface area (Å²) in [6.45, 7) is 1.59. The Morgan fingerprint density at radius 2 is 1.93 bits per heavy atom. The van der Waals surface area contributed by atoms with Crippen LogP contribution in [-0.4, -0.2) is 20.3 Å². The van der Waals surface area contributed by atoms with E-state index in [1.54, 1.807) is 0 Å². The molecule has 1 aromatic carbocycles. The summed E-state index contributed by atoms with van der Waals surface area (Å²) in [6.07, 6.45) is 0.993. The number of hydrogen-bond donors (Lipinski definition) is 0. The molecule has 0 aromatic heterocycles. The molecule has 0 amide bonds. The maximum atomic E-state index is 5.56. The summed E-state index contributed by atoms with van der Waals surface area (Å²) in [5.41, 5.74) is 2.38. The van der Waals surface area contributed by atoms with Crippen LogP contribution < -0.4 is 5.46 Å². The van der Waals surface area contributed by atoms with E-state index < -0.39 is 0 Å². The third-order valence-electron chi connectivity index (χ3n) is 2.28. The van der Waals surface area contributed by atoms with Crippen molar-refractivity contribution in [3.8, 4) is 0 Å². The first kappa shape index (κ1) is 10.2. The number of hydrogen-bond acceptors (Lipinski definition) is 2. The highest BCUT2D eigenvalue weighted by atomic mass is 79.9. The van der Waals surface area contributed by atoms with E-state index in [9.17, 15) is 0 Å². The number of rotatable bonds is 2. The molecule has 0 spiro atoms. The first-order valence-corrected chi connectivity index (χ1v) is 5.91. The molecule has 2 rings (SSSR count). The lowest BCUT2D eigenvalue weighted by Gasteiger charge is -2.21. The lowest BCUT2D eigenvalue weighted by molar-refractivity contribution is 0.143. The van der Waals surface area contributed by atoms with E-state index >= 15 is 0 Å². The largest absolute Gasteiger partial charge is 0.494 e. The maximum Gasteiger partial charge on any atom is 0.494 e. The highest BCUT2D eigenvalue weighted by Crippen LogP contribution is 2.08. The quantitative estimate of drug-likeness (QED) is 0.591. The molecular formula is C10H12BBrO2. The fraction of sp³-hybridized carbons (Fsp3) is 0.400. The first-order valence-electron chi connectivity index (χ1n) is 4.79. The SMILES string of the molecule is BrCc1ccccc1B1OCCCO1. The van der Waals surface area contributed by atoms with Gasteiger partial charge in [-0.25, -0.2) is 0 Å². The molecule has 1 saturated heterocycles. The predicted molar refractivity (Wildman–Crippen MR) is 61.0 cm³/mol. The van der Waals surface area contributed by atoms with Crippen LogP contribution in [0.5, 0.6) is 0 Å². The van der Waals surface area contributed by atoms with Gasteiger partial charge in [-0.1, -0.05) is 40.2 Å². The zero-order valence-electron chi connectivity index (χ0n) is 7.91. The Morgan fingerprint density at radius 1 is 1.21 bits per heavy atom. The molecule has 74 valence electrons. The van der Waals surface area contributed by atoms with Crippen LogP contribution in [0.25, 0.3) is 0 Å². The monoisotopic (exact) mass is 254 g/mol. The van der Waals surface area contributed by atoms with Crippen molar-refractivity contribution in [2.24, 2.45) is 0 Å². The summed E-state index contributed by atoms with van der Waals surface area (Å²) in [4.78, 5) is 0. The van der Waals surface area contributed by atoms with Gasteiger partial charge in [0.25, 0.3) is 0 Å². The van der Waals surface area contributed by atoms with Crippen LogP contribution in [0.3, 0.4) is 0 Å². The Morgan fingerprint density at radius 3 is 2.64 bits per heavy atom. The minimum absolute atomic E-state index is 0.169. The van der Waals surface area contributed by atoms with Gasteiger partial charge >= 0.3 is 7.12 Å². The Balaban J connectivity index is 2.20. The van der Waals surface area contributed by atoms with E-state index in [-0.39, 0.29) is 7.12 Å². The Labute approximate surface area is 92.9 Å². The summed E-state index contributed by atoms with van der Waals surface area (Å²) in [6, 6.07) is 8.20. The third-order valence-corrected chi connectivity index (χ3v) is 2.88. The smallest absolute Gasteiger partial charge is 0.407 e. The summed E-state index contributed by atoms with van der Waals surface area (Å²) in [5.74, 6) is 0. The van der Waals surface area contributed by atoms with Crippen molar-refractivity contribution in [3.05, 3.63) is 29.8 Å². The molecule has 1 aliphatic heterocycles. The van der Waals surface area contributed by atoms with Gasteiger partial charge in [-0.2, -0.15) is 0 Å². The van der Waals surface area contributed by atoms with Crippen molar-refractivity contribution in [2.75, 3.05) is 13.2 Å². The molecule has 1 aromatic rings. The number of halogens is 1. The van der Waals surface area contributed by atoms with E-state index in [1.165, 1.54) is 5.56 Å². The molecule has 0 N–H and O–H groups in total. The van der Waals surface area contributed by atoms with Crippen molar-refractivity contribution >= 4 is 28.5 Å². The average Bonchev–Trinajstić information content (AvgIpc) is 2.30. The molecule has 0 bridgehead atoms. The number of alkyl halides is 1. The van der Waals surface area contributed by atoms with Gasteiger partial charge in [-0.3, -0.25) is 0 Å². The molecule has 4 heteroatoms. The topological polar surface area (TPSA) is 18.5 Å². The van der Waals surface area contributed by atoms with Crippen LogP contribution in [0.1, 0.15) is 12.0 Å². The molecule has 1 aliphatic rings. The molecule has 0 saturated carbocycles. The summed E-state index contributed by atoms with van der Waals surface area (Å²) in [5, 5.41) is 0.840. The van der Waals surface area contributed by atoms with Crippen molar-refractivity contribution in [2.45, 2.75) is 11.8 Å². The summed E-state index contributed by atoms with van der Waals surface area (Å²) < 4.78 is 11.1. The Hall–Kier alpha value is -0.315. The molecule has 0 unspecified atom stereocenters. The van der Waals surface area contributed by atoms with Crippen LogP contribution in [0.4, 0.5) is 0 Å². The van der Waals surface area contributed by atoms with Gasteiger partial charge < -0.3 is 9.31 Å². The van der Waals surface area contributed by atoms with Crippen LogP contribution in [0, 0.1) is 0 Å². The standard InChI is InChI=1S/C10H12BBrO2/c12-8-9-4-1-2-5-10(9)11-13-6-3-7-14-11/h1-2,4-5H,3,6-8H2. The minimum Gasteiger partial charge on any atom is -0.407 e. The van der Waals surface area contributed by atoms with Crippen molar-refractivity contribution in [1.29, 1.82) is 0 Å². The molecule has 1 fully saturated rings. The lowest BCUT2D eigenvalue weighted by Crippen LogP contribution is -2.42. The van der Waals surface area contributed by atoms with E-state index in [0.717, 1.165) is 30.4 Å². The second-order valence-corrected chi connectivity index (χ2v) is 3.82. The van der Waals surface area contributed by atoms with E-state index in [0.29, 0.717) is 0 Å². The molecule has 2 nitrogen and oxygen atoms in total. The van der Waals surface area contributed by atoms with Gasteiger partial charge in [0.1, 0.15) is 0 Å². The second-order valence-electron chi connectivity index (χ2n) is 3.26. The molecule has 14 heavy (non-hydrogen) atoms. The maximum absolute atomic E-state index is 5.56. The predicted octanol–water partition coefficient (Wildman–Crippen LogP) is 1.71. The highest BCUT2D eigenvalue weighted by Gasteiger charge is 2.26. The van der Waals surface area contributed by atoms with E-state index in [4.69, 9.17) is 9.31 Å². The van der Waals surface area contributed by atoms with Gasteiger partial charge in [0.05, 0.1) is 0 Å². The lowest BCUT2D eigenvalue weighted by atomic mass is 9.75. The fourth-order valence-corrected chi connectivity index (χ4v) is 2.06. The third kappa shape index (κ3) is 2.19. The van der Waals surface area contributed by atoms with Crippen molar-refractivity contribution < 1.29 is 9.31 Å². The van der Waals surface area contributed by atoms with Crippen LogP contribution in [-0.2, 0) is 14.6 Å². The molecule has 0 atom stereocenters. The second kappa shape index (κ2) is 4.96. The number of benzene rings is 1. The highest BCUT2D eigenvalue weighted by molar-refractivity contribution is 9.08. The zero-order chi connectivity index (χ0) is 9.80. The summed E-state index contributed by atoms with van der Waals surface area (Å²) >= 11 is 3.46. The van der Waals surface area contributed by atoms with Crippen LogP contribution >= 0.6 is 15.9 Å². The van der Waals surface area contributed by atoms with Gasteiger partial charge in [-0.05, 0) is 17.4 Å². The first-order chi connectivity index (χ1) is 6.92. The normalized spacial score (nSPS) is 17.1. The molecule has 1 heterocycles. The Bertz CT molecular complexity index is 300. The molecule has 0 aliphatic carbocycles. The van der Waals surface area contributed by atoms with Gasteiger partial charge in [0.2, 0.25) is 0 Å². The van der Waals surface area contributed by atoms with Gasteiger partial charge in [-0.15, -0.1) is 0 Å². The van der Waals surface area contributed by atoms with Crippen molar-refractivity contribution in [1.82, 2.24) is 0 Å². The zero-order valence-corrected chi connectivity index (χ0v) is 9.50. The minimum atomic E-state index is -0.169. The fourth-order valence-electron chi connectivity index (χ4n) is 1.55. The van der Waals surface area contributed by atoms with Crippen LogP contribution in [0.2, 0.25) is 0 Å². The molecular weight excluding hydrogens is 243 g/mol. The van der Waals surface area contributed by atoms with Gasteiger partial charge in [0.15, 0.2) is 0 Å². The van der Waals surface area contributed by atoms with Crippen molar-refractivity contribution in [3.63, 3.8) is 0 Å². The van der Waals surface area contributed by atoms with Gasteiger partial charge in [0, 0.05) is 18.5 Å². The molecule has 0 radical (unpaired) electrons. The Kier molecular flexibility index (Phi) is 3.62. The van der Waals surface area contributed by atoms with E-state index in [2.05, 4.69) is 28.1 Å². The van der Waals surface area contributed by atoms with Crippen LogP contribution in [0.15, 0.2) is 24.3 Å².